The summed E-state index contributed by atoms with van der Waals surface area (Å²) >= 11 is 5.89. The molecular weight excluding hydrogens is 354 g/mol. The van der Waals surface area contributed by atoms with Crippen molar-refractivity contribution in [2.45, 2.75) is 6.42 Å². The zero-order valence-corrected chi connectivity index (χ0v) is 15.1. The van der Waals surface area contributed by atoms with Gasteiger partial charge in [-0.15, -0.1) is 0 Å². The molecule has 0 unspecified atom stereocenters. The minimum Gasteiger partial charge on any atom is -0.493 e. The minimum atomic E-state index is -0.338. The molecule has 1 aromatic heterocycles. The summed E-state index contributed by atoms with van der Waals surface area (Å²) in [7, 11) is 3.06. The highest BCUT2D eigenvalue weighted by atomic mass is 35.5. The first-order chi connectivity index (χ1) is 12.6. The van der Waals surface area contributed by atoms with E-state index in [9.17, 15) is 4.79 Å². The number of amides is 1. The maximum Gasteiger partial charge on any atom is 0.276 e. The lowest BCUT2D eigenvalue weighted by molar-refractivity contribution is 0.102. The highest BCUT2D eigenvalue weighted by Gasteiger charge is 2.15. The van der Waals surface area contributed by atoms with Crippen molar-refractivity contribution in [3.63, 3.8) is 0 Å². The molecule has 1 heterocycles. The van der Waals surface area contributed by atoms with Gasteiger partial charge in [-0.05, 0) is 35.9 Å². The predicted molar refractivity (Wildman–Crippen MR) is 100 cm³/mol. The molecule has 0 atom stereocenters. The number of anilines is 1. The summed E-state index contributed by atoms with van der Waals surface area (Å²) in [6.45, 7) is 0. The summed E-state index contributed by atoms with van der Waals surface area (Å²) in [4.78, 5) is 12.5. The SMILES string of the molecule is COc1cccc(NC(=O)c2cc(Cc3ccc(Cl)cc3)[nH]n2)c1OC. The number of halogens is 1. The van der Waals surface area contributed by atoms with E-state index in [0.29, 0.717) is 34.3 Å². The number of rotatable bonds is 6. The Morgan fingerprint density at radius 2 is 1.92 bits per heavy atom. The number of methoxy groups -OCH3 is 2. The third-order valence-electron chi connectivity index (χ3n) is 3.82. The number of benzene rings is 2. The van der Waals surface area contributed by atoms with Gasteiger partial charge < -0.3 is 14.8 Å². The molecule has 1 amide bonds. The molecule has 2 aromatic carbocycles. The Hall–Kier alpha value is -2.99. The molecule has 0 aliphatic carbocycles. The number of aromatic nitrogens is 2. The highest BCUT2D eigenvalue weighted by Crippen LogP contribution is 2.34. The van der Waals surface area contributed by atoms with Crippen molar-refractivity contribution in [2.75, 3.05) is 19.5 Å². The summed E-state index contributed by atoms with van der Waals surface area (Å²) in [5, 5.41) is 10.5. The van der Waals surface area contributed by atoms with E-state index in [2.05, 4.69) is 15.5 Å². The molecule has 26 heavy (non-hydrogen) atoms. The molecule has 0 saturated heterocycles. The number of ether oxygens (including phenoxy) is 2. The fraction of sp³-hybridized carbons (Fsp3) is 0.158. The monoisotopic (exact) mass is 371 g/mol. The molecule has 0 radical (unpaired) electrons. The van der Waals surface area contributed by atoms with Gasteiger partial charge in [0, 0.05) is 17.1 Å². The van der Waals surface area contributed by atoms with Crippen molar-refractivity contribution in [3.8, 4) is 11.5 Å². The molecule has 2 N–H and O–H groups in total. The van der Waals surface area contributed by atoms with E-state index in [1.54, 1.807) is 31.4 Å². The standard InChI is InChI=1S/C19H18ClN3O3/c1-25-17-5-3-4-15(18(17)26-2)21-19(24)16-11-14(22-23-16)10-12-6-8-13(20)9-7-12/h3-9,11H,10H2,1-2H3,(H,21,24)(H,22,23). The number of nitrogens with one attached hydrogen (secondary N) is 2. The molecule has 6 nitrogen and oxygen atoms in total. The third-order valence-corrected chi connectivity index (χ3v) is 4.07. The first kappa shape index (κ1) is 17.8. The Bertz CT molecular complexity index is 907. The van der Waals surface area contributed by atoms with Gasteiger partial charge in [0.25, 0.3) is 5.91 Å². The number of hydrogen-bond donors (Lipinski definition) is 2. The third kappa shape index (κ3) is 3.97. The Balaban J connectivity index is 1.73. The van der Waals surface area contributed by atoms with E-state index in [1.165, 1.54) is 7.11 Å². The number of aromatic amines is 1. The molecule has 0 bridgehead atoms. The summed E-state index contributed by atoms with van der Waals surface area (Å²) in [6, 6.07) is 14.5. The van der Waals surface area contributed by atoms with Crippen molar-refractivity contribution in [3.05, 3.63) is 70.5 Å². The summed E-state index contributed by atoms with van der Waals surface area (Å²) in [5.41, 5.74) is 2.70. The number of carbonyl (C=O) groups excluding carboxylic acids is 1. The van der Waals surface area contributed by atoms with Crippen LogP contribution in [-0.2, 0) is 6.42 Å². The average Bonchev–Trinajstić information content (AvgIpc) is 3.12. The van der Waals surface area contributed by atoms with E-state index in [1.807, 2.05) is 24.3 Å². The van der Waals surface area contributed by atoms with Crippen molar-refractivity contribution in [1.29, 1.82) is 0 Å². The molecule has 134 valence electrons. The van der Waals surface area contributed by atoms with Gasteiger partial charge in [0.05, 0.1) is 19.9 Å². The zero-order valence-electron chi connectivity index (χ0n) is 14.4. The normalized spacial score (nSPS) is 10.4. The van der Waals surface area contributed by atoms with Crippen LogP contribution < -0.4 is 14.8 Å². The smallest absolute Gasteiger partial charge is 0.276 e. The molecule has 0 fully saturated rings. The molecule has 0 aliphatic rings. The zero-order chi connectivity index (χ0) is 18.5. The lowest BCUT2D eigenvalue weighted by atomic mass is 10.1. The van der Waals surface area contributed by atoms with Gasteiger partial charge in [-0.25, -0.2) is 0 Å². The maximum absolute atomic E-state index is 12.5. The molecular formula is C19H18ClN3O3. The Morgan fingerprint density at radius 1 is 1.15 bits per heavy atom. The van der Waals surface area contributed by atoms with Gasteiger partial charge in [0.2, 0.25) is 0 Å². The second kappa shape index (κ2) is 7.93. The van der Waals surface area contributed by atoms with Gasteiger partial charge in [0.1, 0.15) is 0 Å². The van der Waals surface area contributed by atoms with Crippen molar-refractivity contribution in [1.82, 2.24) is 10.2 Å². The van der Waals surface area contributed by atoms with Crippen molar-refractivity contribution < 1.29 is 14.3 Å². The van der Waals surface area contributed by atoms with E-state index in [0.717, 1.165) is 11.3 Å². The Labute approximate surface area is 156 Å². The predicted octanol–water partition coefficient (Wildman–Crippen LogP) is 3.92. The van der Waals surface area contributed by atoms with Crippen molar-refractivity contribution >= 4 is 23.2 Å². The van der Waals surface area contributed by atoms with Gasteiger partial charge >= 0.3 is 0 Å². The van der Waals surface area contributed by atoms with Crippen LogP contribution in [0.25, 0.3) is 0 Å². The average molecular weight is 372 g/mol. The summed E-state index contributed by atoms with van der Waals surface area (Å²) in [6.07, 6.45) is 0.625. The second-order valence-corrected chi connectivity index (χ2v) is 6.01. The number of H-pyrrole nitrogens is 1. The Morgan fingerprint density at radius 3 is 2.62 bits per heavy atom. The van der Waals surface area contributed by atoms with Crippen molar-refractivity contribution in [2.24, 2.45) is 0 Å². The maximum atomic E-state index is 12.5. The van der Waals surface area contributed by atoms with E-state index >= 15 is 0 Å². The lowest BCUT2D eigenvalue weighted by Gasteiger charge is -2.12. The first-order valence-electron chi connectivity index (χ1n) is 7.91. The number of nitrogens with zero attached hydrogens (tertiary/aromatic N) is 1. The topological polar surface area (TPSA) is 76.2 Å². The van der Waals surface area contributed by atoms with Crippen LogP contribution in [0.1, 0.15) is 21.7 Å². The minimum absolute atomic E-state index is 0.291. The number of para-hydroxylation sites is 1. The number of carbonyl (C=O) groups is 1. The van der Waals surface area contributed by atoms with Crippen LogP contribution in [0.5, 0.6) is 11.5 Å². The van der Waals surface area contributed by atoms with Crippen LogP contribution in [-0.4, -0.2) is 30.3 Å². The highest BCUT2D eigenvalue weighted by molar-refractivity contribution is 6.30. The van der Waals surface area contributed by atoms with E-state index in [4.69, 9.17) is 21.1 Å². The van der Waals surface area contributed by atoms with Crippen LogP contribution in [0.4, 0.5) is 5.69 Å². The first-order valence-corrected chi connectivity index (χ1v) is 8.29. The molecule has 0 spiro atoms. The van der Waals surface area contributed by atoms with Gasteiger partial charge in [-0.3, -0.25) is 9.89 Å². The fourth-order valence-corrected chi connectivity index (χ4v) is 2.69. The van der Waals surface area contributed by atoms with Gasteiger partial charge in [-0.1, -0.05) is 29.8 Å². The van der Waals surface area contributed by atoms with Gasteiger partial charge in [-0.2, -0.15) is 5.10 Å². The van der Waals surface area contributed by atoms with Gasteiger partial charge in [0.15, 0.2) is 17.2 Å². The van der Waals surface area contributed by atoms with Crippen LogP contribution in [0, 0.1) is 0 Å². The largest absolute Gasteiger partial charge is 0.493 e. The molecule has 0 aliphatic heterocycles. The van der Waals surface area contributed by atoms with Crippen LogP contribution in [0.2, 0.25) is 5.02 Å². The Kier molecular flexibility index (Phi) is 5.43. The van der Waals surface area contributed by atoms with Crippen LogP contribution in [0.3, 0.4) is 0 Å². The van der Waals surface area contributed by atoms with E-state index < -0.39 is 0 Å². The quantitative estimate of drug-likeness (QED) is 0.688. The summed E-state index contributed by atoms with van der Waals surface area (Å²) in [5.74, 6) is 0.659. The van der Waals surface area contributed by atoms with Crippen LogP contribution in [0.15, 0.2) is 48.5 Å². The molecule has 3 rings (SSSR count). The number of hydrogen-bond acceptors (Lipinski definition) is 4. The van der Waals surface area contributed by atoms with Crippen LogP contribution >= 0.6 is 11.6 Å². The fourth-order valence-electron chi connectivity index (χ4n) is 2.56. The molecule has 7 heteroatoms. The molecule has 0 saturated carbocycles. The second-order valence-electron chi connectivity index (χ2n) is 5.58. The molecule has 3 aromatic rings. The van der Waals surface area contributed by atoms with E-state index in [-0.39, 0.29) is 5.91 Å². The lowest BCUT2D eigenvalue weighted by Crippen LogP contribution is -2.13. The summed E-state index contributed by atoms with van der Waals surface area (Å²) < 4.78 is 10.6.